The smallest absolute Gasteiger partial charge is 0.163 e. The molecule has 1 aromatic rings. The molecule has 2 N–H and O–H groups in total. The van der Waals surface area contributed by atoms with Gasteiger partial charge in [0.05, 0.1) is 11.3 Å². The Morgan fingerprint density at radius 1 is 1.57 bits per heavy atom. The van der Waals surface area contributed by atoms with E-state index in [1.807, 2.05) is 13.8 Å². The Labute approximate surface area is 83.6 Å². The first-order valence-corrected chi connectivity index (χ1v) is 4.63. The number of Topliss-reactive ketones (excluding diaryl/α,β-unsaturated/α-hetero) is 1. The molecule has 0 saturated heterocycles. The van der Waals surface area contributed by atoms with E-state index in [0.29, 0.717) is 11.3 Å². The van der Waals surface area contributed by atoms with Gasteiger partial charge in [-0.2, -0.15) is 0 Å². The maximum atomic E-state index is 11.2. The number of carbonyl (C=O) groups excluding carboxylic acids is 1. The summed E-state index contributed by atoms with van der Waals surface area (Å²) in [4.78, 5) is 19.5. The Bertz CT molecular complexity index is 347. The lowest BCUT2D eigenvalue weighted by Crippen LogP contribution is -2.11. The second-order valence-electron chi connectivity index (χ2n) is 3.50. The molecule has 0 bridgehead atoms. The van der Waals surface area contributed by atoms with Gasteiger partial charge < -0.3 is 5.73 Å². The van der Waals surface area contributed by atoms with Crippen LogP contribution in [-0.2, 0) is 6.54 Å². The molecule has 0 unspecified atom stereocenters. The molecule has 1 rings (SSSR count). The van der Waals surface area contributed by atoms with Crippen LogP contribution in [0.4, 0.5) is 0 Å². The van der Waals surface area contributed by atoms with E-state index in [0.717, 1.165) is 5.82 Å². The zero-order chi connectivity index (χ0) is 10.7. The molecular formula is C10H15N3O. The predicted octanol–water partition coefficient (Wildman–Crippen LogP) is 1.26. The molecule has 0 amide bonds. The third-order valence-corrected chi connectivity index (χ3v) is 1.98. The largest absolute Gasteiger partial charge is 0.325 e. The van der Waals surface area contributed by atoms with E-state index in [9.17, 15) is 4.79 Å². The first-order valence-electron chi connectivity index (χ1n) is 4.63. The minimum absolute atomic E-state index is 0.0410. The number of hydrogen-bond acceptors (Lipinski definition) is 4. The summed E-state index contributed by atoms with van der Waals surface area (Å²) < 4.78 is 0. The molecule has 1 heterocycles. The molecule has 4 nitrogen and oxygen atoms in total. The lowest BCUT2D eigenvalue weighted by Gasteiger charge is -2.07. The van der Waals surface area contributed by atoms with Gasteiger partial charge in [0.2, 0.25) is 0 Å². The van der Waals surface area contributed by atoms with Gasteiger partial charge in [0.1, 0.15) is 5.82 Å². The van der Waals surface area contributed by atoms with Crippen molar-refractivity contribution in [2.24, 2.45) is 5.73 Å². The molecule has 76 valence electrons. The molecule has 0 aliphatic heterocycles. The highest BCUT2D eigenvalue weighted by Crippen LogP contribution is 2.12. The van der Waals surface area contributed by atoms with Gasteiger partial charge in [0, 0.05) is 18.7 Å². The van der Waals surface area contributed by atoms with Crippen molar-refractivity contribution in [3.8, 4) is 0 Å². The number of carbonyl (C=O) groups is 1. The van der Waals surface area contributed by atoms with Crippen LogP contribution in [0.1, 0.15) is 48.6 Å². The van der Waals surface area contributed by atoms with E-state index in [-0.39, 0.29) is 18.2 Å². The van der Waals surface area contributed by atoms with Crippen molar-refractivity contribution < 1.29 is 4.79 Å². The molecular weight excluding hydrogens is 178 g/mol. The van der Waals surface area contributed by atoms with Gasteiger partial charge in [0.25, 0.3) is 0 Å². The second kappa shape index (κ2) is 4.28. The fraction of sp³-hybridized carbons (Fsp3) is 0.500. The average Bonchev–Trinajstić information content (AvgIpc) is 2.16. The highest BCUT2D eigenvalue weighted by atomic mass is 16.1. The molecule has 0 atom stereocenters. The maximum absolute atomic E-state index is 11.2. The van der Waals surface area contributed by atoms with Gasteiger partial charge in [-0.05, 0) is 6.92 Å². The Balaban J connectivity index is 3.18. The lowest BCUT2D eigenvalue weighted by molar-refractivity contribution is 0.101. The normalized spacial score (nSPS) is 10.6. The summed E-state index contributed by atoms with van der Waals surface area (Å²) in [5.41, 5.74) is 6.68. The van der Waals surface area contributed by atoms with Gasteiger partial charge in [-0.1, -0.05) is 13.8 Å². The average molecular weight is 193 g/mol. The molecule has 0 aliphatic carbocycles. The summed E-state index contributed by atoms with van der Waals surface area (Å²) in [5.74, 6) is 0.942. The highest BCUT2D eigenvalue weighted by Gasteiger charge is 2.11. The molecule has 0 radical (unpaired) electrons. The quantitative estimate of drug-likeness (QED) is 0.734. The SMILES string of the molecule is CC(=O)c1cnc(C(C)C)nc1CN. The van der Waals surface area contributed by atoms with E-state index in [2.05, 4.69) is 9.97 Å². The molecule has 0 aliphatic rings. The fourth-order valence-electron chi connectivity index (χ4n) is 1.16. The number of rotatable bonds is 3. The Morgan fingerprint density at radius 3 is 2.64 bits per heavy atom. The van der Waals surface area contributed by atoms with Gasteiger partial charge in [-0.25, -0.2) is 9.97 Å². The van der Waals surface area contributed by atoms with Gasteiger partial charge >= 0.3 is 0 Å². The van der Waals surface area contributed by atoms with Gasteiger partial charge in [0.15, 0.2) is 5.78 Å². The predicted molar refractivity (Wildman–Crippen MR) is 54.0 cm³/mol. The summed E-state index contributed by atoms with van der Waals surface area (Å²) in [5, 5.41) is 0. The van der Waals surface area contributed by atoms with Crippen LogP contribution in [-0.4, -0.2) is 15.8 Å². The fourth-order valence-corrected chi connectivity index (χ4v) is 1.16. The van der Waals surface area contributed by atoms with Crippen LogP contribution in [0.2, 0.25) is 0 Å². The van der Waals surface area contributed by atoms with Gasteiger partial charge in [-0.15, -0.1) is 0 Å². The Morgan fingerprint density at radius 2 is 2.21 bits per heavy atom. The van der Waals surface area contributed by atoms with Crippen molar-refractivity contribution in [3.63, 3.8) is 0 Å². The van der Waals surface area contributed by atoms with Crippen molar-refractivity contribution in [2.75, 3.05) is 0 Å². The van der Waals surface area contributed by atoms with Crippen molar-refractivity contribution in [1.82, 2.24) is 9.97 Å². The molecule has 14 heavy (non-hydrogen) atoms. The molecule has 0 spiro atoms. The maximum Gasteiger partial charge on any atom is 0.163 e. The van der Waals surface area contributed by atoms with Crippen LogP contribution in [0, 0.1) is 0 Å². The number of nitrogens with two attached hydrogens (primary N) is 1. The van der Waals surface area contributed by atoms with Crippen molar-refractivity contribution in [2.45, 2.75) is 33.2 Å². The van der Waals surface area contributed by atoms with E-state index in [1.165, 1.54) is 6.92 Å². The van der Waals surface area contributed by atoms with Crippen molar-refractivity contribution in [3.05, 3.63) is 23.3 Å². The molecule has 4 heteroatoms. The van der Waals surface area contributed by atoms with E-state index in [1.54, 1.807) is 6.20 Å². The van der Waals surface area contributed by atoms with Crippen LogP contribution in [0.25, 0.3) is 0 Å². The third kappa shape index (κ3) is 2.14. The summed E-state index contributed by atoms with van der Waals surface area (Å²) in [6, 6.07) is 0. The van der Waals surface area contributed by atoms with Crippen molar-refractivity contribution >= 4 is 5.78 Å². The number of aromatic nitrogens is 2. The van der Waals surface area contributed by atoms with Crippen LogP contribution in [0.3, 0.4) is 0 Å². The van der Waals surface area contributed by atoms with E-state index in [4.69, 9.17) is 5.73 Å². The minimum Gasteiger partial charge on any atom is -0.325 e. The molecule has 0 aromatic carbocycles. The Hall–Kier alpha value is -1.29. The number of ketones is 1. The van der Waals surface area contributed by atoms with E-state index >= 15 is 0 Å². The number of nitrogens with zero attached hydrogens (tertiary/aromatic N) is 2. The standard InChI is InChI=1S/C10H15N3O/c1-6(2)10-12-5-8(7(3)14)9(4-11)13-10/h5-6H,4,11H2,1-3H3. The molecule has 0 fully saturated rings. The molecule has 1 aromatic heterocycles. The first-order chi connectivity index (χ1) is 6.56. The van der Waals surface area contributed by atoms with Gasteiger partial charge in [-0.3, -0.25) is 4.79 Å². The second-order valence-corrected chi connectivity index (χ2v) is 3.50. The zero-order valence-corrected chi connectivity index (χ0v) is 8.74. The van der Waals surface area contributed by atoms with Crippen molar-refractivity contribution in [1.29, 1.82) is 0 Å². The Kier molecular flexibility index (Phi) is 3.30. The highest BCUT2D eigenvalue weighted by molar-refractivity contribution is 5.94. The topological polar surface area (TPSA) is 68.9 Å². The summed E-state index contributed by atoms with van der Waals surface area (Å²) in [6.45, 7) is 5.77. The summed E-state index contributed by atoms with van der Waals surface area (Å²) >= 11 is 0. The van der Waals surface area contributed by atoms with Crippen LogP contribution in [0.5, 0.6) is 0 Å². The lowest BCUT2D eigenvalue weighted by atomic mass is 10.1. The van der Waals surface area contributed by atoms with Crippen LogP contribution >= 0.6 is 0 Å². The third-order valence-electron chi connectivity index (χ3n) is 1.98. The summed E-state index contributed by atoms with van der Waals surface area (Å²) in [6.07, 6.45) is 1.56. The first kappa shape index (κ1) is 10.8. The zero-order valence-electron chi connectivity index (χ0n) is 8.74. The molecule has 0 saturated carbocycles. The van der Waals surface area contributed by atoms with E-state index < -0.39 is 0 Å². The number of hydrogen-bond donors (Lipinski definition) is 1. The summed E-state index contributed by atoms with van der Waals surface area (Å²) in [7, 11) is 0. The van der Waals surface area contributed by atoms with Crippen LogP contribution < -0.4 is 5.73 Å². The van der Waals surface area contributed by atoms with Crippen LogP contribution in [0.15, 0.2) is 6.20 Å². The monoisotopic (exact) mass is 193 g/mol. The minimum atomic E-state index is -0.0410.